The second-order valence-electron chi connectivity index (χ2n) is 4.17. The summed E-state index contributed by atoms with van der Waals surface area (Å²) in [6, 6.07) is 0. The molecule has 1 heterocycles. The molecular formula is C11H21N3O2. The van der Waals surface area contributed by atoms with Crippen LogP contribution in [0.15, 0.2) is 0 Å². The fourth-order valence-electron chi connectivity index (χ4n) is 1.98. The summed E-state index contributed by atoms with van der Waals surface area (Å²) in [6.45, 7) is 8.22. The molecule has 0 aromatic rings. The smallest absolute Gasteiger partial charge is 0.223 e. The molecular weight excluding hydrogens is 206 g/mol. The van der Waals surface area contributed by atoms with E-state index >= 15 is 0 Å². The molecule has 1 rings (SSSR count). The van der Waals surface area contributed by atoms with Crippen molar-refractivity contribution in [3.05, 3.63) is 0 Å². The van der Waals surface area contributed by atoms with Crippen LogP contribution < -0.4 is 5.73 Å². The van der Waals surface area contributed by atoms with Gasteiger partial charge in [0.1, 0.15) is 0 Å². The van der Waals surface area contributed by atoms with E-state index in [1.807, 2.05) is 0 Å². The summed E-state index contributed by atoms with van der Waals surface area (Å²) in [5, 5.41) is 0. The van der Waals surface area contributed by atoms with Gasteiger partial charge in [-0.05, 0) is 13.1 Å². The summed E-state index contributed by atoms with van der Waals surface area (Å²) in [6.07, 6.45) is 0.285. The SMILES string of the molecule is CCN(CC)CCN1CC(C(N)=O)CC1=O. The number of likely N-dealkylation sites (N-methyl/N-ethyl adjacent to an activating group) is 1. The van der Waals surface area contributed by atoms with Crippen LogP contribution in [0.2, 0.25) is 0 Å². The Balaban J connectivity index is 2.38. The van der Waals surface area contributed by atoms with Crippen LogP contribution in [-0.2, 0) is 9.59 Å². The Hall–Kier alpha value is -1.10. The fourth-order valence-corrected chi connectivity index (χ4v) is 1.98. The normalized spacial score (nSPS) is 20.8. The quantitative estimate of drug-likeness (QED) is 0.675. The number of rotatable bonds is 6. The Labute approximate surface area is 96.6 Å². The van der Waals surface area contributed by atoms with Gasteiger partial charge in [-0.25, -0.2) is 0 Å². The molecule has 0 aromatic carbocycles. The minimum atomic E-state index is -0.362. The van der Waals surface area contributed by atoms with Crippen molar-refractivity contribution in [2.24, 2.45) is 11.7 Å². The molecule has 0 bridgehead atoms. The molecule has 5 heteroatoms. The van der Waals surface area contributed by atoms with E-state index in [0.29, 0.717) is 13.1 Å². The number of carbonyl (C=O) groups excluding carboxylic acids is 2. The zero-order chi connectivity index (χ0) is 12.1. The van der Waals surface area contributed by atoms with Crippen LogP contribution in [0.1, 0.15) is 20.3 Å². The molecule has 2 amide bonds. The summed E-state index contributed by atoms with van der Waals surface area (Å²) in [4.78, 5) is 26.6. The first-order valence-corrected chi connectivity index (χ1v) is 5.87. The molecule has 92 valence electrons. The number of nitrogens with zero attached hydrogens (tertiary/aromatic N) is 2. The van der Waals surface area contributed by atoms with Crippen molar-refractivity contribution in [2.45, 2.75) is 20.3 Å². The van der Waals surface area contributed by atoms with E-state index in [1.54, 1.807) is 4.90 Å². The third kappa shape index (κ3) is 3.20. The summed E-state index contributed by atoms with van der Waals surface area (Å²) >= 11 is 0. The van der Waals surface area contributed by atoms with Crippen LogP contribution in [0, 0.1) is 5.92 Å². The molecule has 1 aliphatic heterocycles. The number of hydrogen-bond donors (Lipinski definition) is 1. The summed E-state index contributed by atoms with van der Waals surface area (Å²) in [5.74, 6) is -0.598. The topological polar surface area (TPSA) is 66.6 Å². The van der Waals surface area contributed by atoms with Crippen molar-refractivity contribution in [2.75, 3.05) is 32.7 Å². The van der Waals surface area contributed by atoms with E-state index in [-0.39, 0.29) is 24.2 Å². The molecule has 1 unspecified atom stereocenters. The molecule has 5 nitrogen and oxygen atoms in total. The Morgan fingerprint density at radius 3 is 2.56 bits per heavy atom. The predicted octanol–water partition coefficient (Wildman–Crippen LogP) is -0.338. The van der Waals surface area contributed by atoms with Gasteiger partial charge in [0, 0.05) is 26.1 Å². The highest BCUT2D eigenvalue weighted by atomic mass is 16.2. The largest absolute Gasteiger partial charge is 0.369 e. The molecule has 16 heavy (non-hydrogen) atoms. The molecule has 1 fully saturated rings. The Morgan fingerprint density at radius 1 is 1.50 bits per heavy atom. The number of hydrogen-bond acceptors (Lipinski definition) is 3. The van der Waals surface area contributed by atoms with Gasteiger partial charge in [-0.3, -0.25) is 9.59 Å². The van der Waals surface area contributed by atoms with Gasteiger partial charge >= 0.3 is 0 Å². The number of likely N-dealkylation sites (tertiary alicyclic amines) is 1. The predicted molar refractivity (Wildman–Crippen MR) is 61.7 cm³/mol. The minimum Gasteiger partial charge on any atom is -0.369 e. The maximum absolute atomic E-state index is 11.6. The zero-order valence-corrected chi connectivity index (χ0v) is 10.1. The maximum atomic E-state index is 11.6. The molecule has 1 saturated heterocycles. The van der Waals surface area contributed by atoms with Crippen LogP contribution in [0.4, 0.5) is 0 Å². The van der Waals surface area contributed by atoms with Crippen molar-refractivity contribution >= 4 is 11.8 Å². The lowest BCUT2D eigenvalue weighted by molar-refractivity contribution is -0.128. The van der Waals surface area contributed by atoms with Gasteiger partial charge in [-0.1, -0.05) is 13.8 Å². The molecule has 1 aliphatic rings. The first kappa shape index (κ1) is 13.0. The Bertz CT molecular complexity index is 264. The highest BCUT2D eigenvalue weighted by Gasteiger charge is 2.32. The molecule has 0 aliphatic carbocycles. The van der Waals surface area contributed by atoms with Crippen molar-refractivity contribution in [3.8, 4) is 0 Å². The van der Waals surface area contributed by atoms with Gasteiger partial charge in [0.25, 0.3) is 0 Å². The Kier molecular flexibility index (Phi) is 4.73. The Morgan fingerprint density at radius 2 is 2.12 bits per heavy atom. The monoisotopic (exact) mass is 227 g/mol. The number of primary amides is 1. The number of carbonyl (C=O) groups is 2. The summed E-state index contributed by atoms with van der Waals surface area (Å²) < 4.78 is 0. The van der Waals surface area contributed by atoms with Crippen molar-refractivity contribution in [1.29, 1.82) is 0 Å². The van der Waals surface area contributed by atoms with E-state index in [9.17, 15) is 9.59 Å². The van der Waals surface area contributed by atoms with Crippen LogP contribution in [0.25, 0.3) is 0 Å². The lowest BCUT2D eigenvalue weighted by Crippen LogP contribution is -2.36. The van der Waals surface area contributed by atoms with Gasteiger partial charge < -0.3 is 15.5 Å². The highest BCUT2D eigenvalue weighted by molar-refractivity contribution is 5.88. The van der Waals surface area contributed by atoms with E-state index in [2.05, 4.69) is 18.7 Å². The molecule has 0 saturated carbocycles. The molecule has 0 spiro atoms. The first-order chi connectivity index (χ1) is 7.58. The molecule has 2 N–H and O–H groups in total. The number of nitrogens with two attached hydrogens (primary N) is 1. The lowest BCUT2D eigenvalue weighted by Gasteiger charge is -2.22. The fraction of sp³-hybridized carbons (Fsp3) is 0.818. The van der Waals surface area contributed by atoms with Crippen molar-refractivity contribution in [3.63, 3.8) is 0 Å². The lowest BCUT2D eigenvalue weighted by atomic mass is 10.1. The molecule has 0 aromatic heterocycles. The second kappa shape index (κ2) is 5.84. The standard InChI is InChI=1S/C11H21N3O2/c1-3-13(4-2)5-6-14-8-9(11(12)16)7-10(14)15/h9H,3-8H2,1-2H3,(H2,12,16). The van der Waals surface area contributed by atoms with Crippen LogP contribution in [0.3, 0.4) is 0 Å². The van der Waals surface area contributed by atoms with Crippen LogP contribution in [-0.4, -0.2) is 54.3 Å². The van der Waals surface area contributed by atoms with E-state index in [4.69, 9.17) is 5.73 Å². The van der Waals surface area contributed by atoms with Gasteiger partial charge in [0.05, 0.1) is 5.92 Å². The van der Waals surface area contributed by atoms with E-state index < -0.39 is 0 Å². The minimum absolute atomic E-state index is 0.0518. The third-order valence-electron chi connectivity index (χ3n) is 3.20. The first-order valence-electron chi connectivity index (χ1n) is 5.87. The van der Waals surface area contributed by atoms with E-state index in [0.717, 1.165) is 19.6 Å². The number of amides is 2. The zero-order valence-electron chi connectivity index (χ0n) is 10.1. The van der Waals surface area contributed by atoms with Gasteiger partial charge in [-0.15, -0.1) is 0 Å². The molecule has 1 atom stereocenters. The maximum Gasteiger partial charge on any atom is 0.223 e. The van der Waals surface area contributed by atoms with Gasteiger partial charge in [0.15, 0.2) is 0 Å². The van der Waals surface area contributed by atoms with Crippen LogP contribution in [0.5, 0.6) is 0 Å². The summed E-state index contributed by atoms with van der Waals surface area (Å²) in [7, 11) is 0. The van der Waals surface area contributed by atoms with Gasteiger partial charge in [0.2, 0.25) is 11.8 Å². The van der Waals surface area contributed by atoms with Crippen molar-refractivity contribution < 1.29 is 9.59 Å². The summed E-state index contributed by atoms with van der Waals surface area (Å²) in [5.41, 5.74) is 5.20. The average molecular weight is 227 g/mol. The highest BCUT2D eigenvalue weighted by Crippen LogP contribution is 2.16. The second-order valence-corrected chi connectivity index (χ2v) is 4.17. The van der Waals surface area contributed by atoms with Crippen molar-refractivity contribution in [1.82, 2.24) is 9.80 Å². The average Bonchev–Trinajstić information content (AvgIpc) is 2.62. The third-order valence-corrected chi connectivity index (χ3v) is 3.20. The molecule has 0 radical (unpaired) electrons. The van der Waals surface area contributed by atoms with Gasteiger partial charge in [-0.2, -0.15) is 0 Å². The van der Waals surface area contributed by atoms with E-state index in [1.165, 1.54) is 0 Å². The van der Waals surface area contributed by atoms with Crippen LogP contribution >= 0.6 is 0 Å².